The Kier molecular flexibility index (Phi) is 10.6. The van der Waals surface area contributed by atoms with Crippen LogP contribution in [-0.4, -0.2) is 23.2 Å². The van der Waals surface area contributed by atoms with Gasteiger partial charge in [-0.1, -0.05) is 57.8 Å². The predicted molar refractivity (Wildman–Crippen MR) is 133 cm³/mol. The zero-order valence-electron chi connectivity index (χ0n) is 19.9. The molecule has 2 N–H and O–H groups in total. The first-order chi connectivity index (χ1) is 15.5. The summed E-state index contributed by atoms with van der Waals surface area (Å²) < 4.78 is 0. The molecule has 1 aromatic heterocycles. The molecule has 5 heteroatoms. The van der Waals surface area contributed by atoms with Crippen molar-refractivity contribution in [1.82, 2.24) is 10.3 Å². The van der Waals surface area contributed by atoms with Gasteiger partial charge in [0.15, 0.2) is 5.78 Å². The molecule has 1 aliphatic carbocycles. The molecule has 0 bridgehead atoms. The molecule has 1 saturated carbocycles. The van der Waals surface area contributed by atoms with Crippen molar-refractivity contribution in [3.05, 3.63) is 64.5 Å². The number of rotatable bonds is 10. The first-order valence-electron chi connectivity index (χ1n) is 11.7. The van der Waals surface area contributed by atoms with E-state index in [1.54, 1.807) is 6.20 Å². The number of carbonyl (C=O) groups is 2. The second kappa shape index (κ2) is 13.5. The standard InChI is InChI=1S/C24H31N3O2.C3H6/c1-5-7-8-10-19(13-20-14-26-24(27-16-28)12-17(20)3)21-15-25-22(11-18(21)4)23(29)9-6-2;1-2-3-1/h8,10-16,22,25H,5-7,9H2,1-4H3,(H,26,27,28);1-3H2/b10-8+,19-13+;. The van der Waals surface area contributed by atoms with Crippen molar-refractivity contribution in [2.24, 2.45) is 0 Å². The van der Waals surface area contributed by atoms with Gasteiger partial charge < -0.3 is 10.6 Å². The molecule has 172 valence electrons. The monoisotopic (exact) mass is 435 g/mol. The number of anilines is 1. The molecule has 1 aromatic rings. The predicted octanol–water partition coefficient (Wildman–Crippen LogP) is 6.04. The van der Waals surface area contributed by atoms with Crippen LogP contribution in [0, 0.1) is 6.92 Å². The number of aromatic nitrogens is 1. The van der Waals surface area contributed by atoms with Gasteiger partial charge in [-0.15, -0.1) is 0 Å². The average molecular weight is 436 g/mol. The van der Waals surface area contributed by atoms with E-state index in [0.29, 0.717) is 18.6 Å². The number of carbonyl (C=O) groups excluding carboxylic acids is 2. The van der Waals surface area contributed by atoms with Crippen molar-refractivity contribution in [1.29, 1.82) is 0 Å². The normalized spacial score (nSPS) is 17.5. The lowest BCUT2D eigenvalue weighted by Crippen LogP contribution is -2.34. The highest BCUT2D eigenvalue weighted by Gasteiger charge is 2.19. The summed E-state index contributed by atoms with van der Waals surface area (Å²) in [7, 11) is 0. The zero-order chi connectivity index (χ0) is 23.3. The Morgan fingerprint density at radius 3 is 2.53 bits per heavy atom. The Morgan fingerprint density at radius 1 is 1.22 bits per heavy atom. The van der Waals surface area contributed by atoms with Crippen LogP contribution in [-0.2, 0) is 9.59 Å². The number of allylic oxidation sites excluding steroid dienone is 5. The topological polar surface area (TPSA) is 71.1 Å². The molecule has 1 amide bonds. The van der Waals surface area contributed by atoms with Gasteiger partial charge in [0.1, 0.15) is 11.9 Å². The Hall–Kier alpha value is -2.95. The number of hydrogen-bond donors (Lipinski definition) is 2. The van der Waals surface area contributed by atoms with E-state index in [0.717, 1.165) is 47.1 Å². The number of Topliss-reactive ketones (excluding diaryl/α,β-unsaturated/α-hetero) is 1. The van der Waals surface area contributed by atoms with Crippen LogP contribution in [0.25, 0.3) is 6.08 Å². The maximum atomic E-state index is 12.2. The van der Waals surface area contributed by atoms with Gasteiger partial charge in [0.25, 0.3) is 0 Å². The lowest BCUT2D eigenvalue weighted by atomic mass is 9.91. The number of pyridine rings is 1. The van der Waals surface area contributed by atoms with Crippen LogP contribution in [0.15, 0.2) is 53.4 Å². The molecule has 0 saturated heterocycles. The van der Waals surface area contributed by atoms with Gasteiger partial charge >= 0.3 is 0 Å². The summed E-state index contributed by atoms with van der Waals surface area (Å²) in [5.74, 6) is 0.747. The summed E-state index contributed by atoms with van der Waals surface area (Å²) in [6.07, 6.45) is 20.7. The molecule has 1 aliphatic heterocycles. The lowest BCUT2D eigenvalue weighted by molar-refractivity contribution is -0.119. The minimum atomic E-state index is -0.253. The van der Waals surface area contributed by atoms with Gasteiger partial charge in [-0.3, -0.25) is 9.59 Å². The molecule has 5 nitrogen and oxygen atoms in total. The SMILES string of the molecule is C1CC1.CCC/C=C/C(=C\c1cnc(NC=O)cc1C)C1=CNC(C(=O)CCC)C=C1C. The summed E-state index contributed by atoms with van der Waals surface area (Å²) in [5, 5.41) is 5.83. The smallest absolute Gasteiger partial charge is 0.212 e. The van der Waals surface area contributed by atoms with Crippen LogP contribution in [0.4, 0.5) is 5.82 Å². The highest BCUT2D eigenvalue weighted by molar-refractivity contribution is 5.87. The van der Waals surface area contributed by atoms with Crippen LogP contribution in [0.5, 0.6) is 0 Å². The van der Waals surface area contributed by atoms with Gasteiger partial charge in [0.05, 0.1) is 0 Å². The molecular weight excluding hydrogens is 398 g/mol. The number of ketones is 1. The molecule has 1 atom stereocenters. The van der Waals surface area contributed by atoms with Gasteiger partial charge in [-0.2, -0.15) is 0 Å². The van der Waals surface area contributed by atoms with Crippen molar-refractivity contribution in [3.63, 3.8) is 0 Å². The lowest BCUT2D eigenvalue weighted by Gasteiger charge is -2.22. The Morgan fingerprint density at radius 2 is 1.97 bits per heavy atom. The highest BCUT2D eigenvalue weighted by atomic mass is 16.1. The number of amides is 1. The molecule has 2 aliphatic rings. The molecule has 0 spiro atoms. The van der Waals surface area contributed by atoms with Crippen LogP contribution in [0.2, 0.25) is 0 Å². The van der Waals surface area contributed by atoms with E-state index >= 15 is 0 Å². The molecule has 1 unspecified atom stereocenters. The molecular formula is C27H37N3O2. The van der Waals surface area contributed by atoms with Crippen molar-refractivity contribution in [2.75, 3.05) is 5.32 Å². The number of aryl methyl sites for hydroxylation is 1. The van der Waals surface area contributed by atoms with E-state index in [4.69, 9.17) is 0 Å². The van der Waals surface area contributed by atoms with Crippen LogP contribution < -0.4 is 10.6 Å². The number of dihydropyridines is 1. The zero-order valence-corrected chi connectivity index (χ0v) is 19.9. The summed E-state index contributed by atoms with van der Waals surface area (Å²) in [6, 6.07) is 1.60. The molecule has 1 fully saturated rings. The van der Waals surface area contributed by atoms with Crippen molar-refractivity contribution < 1.29 is 9.59 Å². The molecule has 0 aromatic carbocycles. The molecule has 3 rings (SSSR count). The third-order valence-electron chi connectivity index (χ3n) is 5.18. The minimum absolute atomic E-state index is 0.215. The fraction of sp³-hybridized carbons (Fsp3) is 0.444. The van der Waals surface area contributed by atoms with E-state index in [9.17, 15) is 9.59 Å². The Labute approximate surface area is 192 Å². The summed E-state index contributed by atoms with van der Waals surface area (Å²) in [4.78, 5) is 27.2. The van der Waals surface area contributed by atoms with Gasteiger partial charge in [-0.05, 0) is 61.1 Å². The fourth-order valence-corrected chi connectivity index (χ4v) is 3.19. The van der Waals surface area contributed by atoms with Crippen LogP contribution >= 0.6 is 0 Å². The largest absolute Gasteiger partial charge is 0.378 e. The number of unbranched alkanes of at least 4 members (excludes halogenated alkanes) is 1. The fourth-order valence-electron chi connectivity index (χ4n) is 3.19. The number of hydrogen-bond acceptors (Lipinski definition) is 4. The number of nitrogens with one attached hydrogen (secondary N) is 2. The minimum Gasteiger partial charge on any atom is -0.378 e. The first kappa shape index (κ1) is 25.3. The highest BCUT2D eigenvalue weighted by Crippen LogP contribution is 2.27. The quantitative estimate of drug-likeness (QED) is 0.347. The maximum Gasteiger partial charge on any atom is 0.212 e. The van der Waals surface area contributed by atoms with Gasteiger partial charge in [-0.25, -0.2) is 4.98 Å². The summed E-state index contributed by atoms with van der Waals surface area (Å²) in [6.45, 7) is 8.20. The van der Waals surface area contributed by atoms with Crippen molar-refractivity contribution in [3.8, 4) is 0 Å². The van der Waals surface area contributed by atoms with E-state index in [1.807, 2.05) is 39.1 Å². The van der Waals surface area contributed by atoms with Crippen molar-refractivity contribution in [2.45, 2.75) is 78.7 Å². The molecule has 2 heterocycles. The maximum absolute atomic E-state index is 12.2. The number of nitrogens with zero attached hydrogens (tertiary/aromatic N) is 1. The van der Waals surface area contributed by atoms with Gasteiger partial charge in [0.2, 0.25) is 6.41 Å². The van der Waals surface area contributed by atoms with Crippen molar-refractivity contribution >= 4 is 24.1 Å². The third-order valence-corrected chi connectivity index (χ3v) is 5.18. The van der Waals surface area contributed by atoms with Crippen LogP contribution in [0.1, 0.15) is 76.8 Å². The average Bonchev–Trinajstić information content (AvgIpc) is 3.65. The van der Waals surface area contributed by atoms with Crippen LogP contribution in [0.3, 0.4) is 0 Å². The molecule has 32 heavy (non-hydrogen) atoms. The second-order valence-corrected chi connectivity index (χ2v) is 8.31. The van der Waals surface area contributed by atoms with E-state index in [-0.39, 0.29) is 11.8 Å². The van der Waals surface area contributed by atoms with E-state index in [2.05, 4.69) is 40.8 Å². The Balaban J connectivity index is 0.00000111. The second-order valence-electron chi connectivity index (χ2n) is 8.31. The molecule has 0 radical (unpaired) electrons. The first-order valence-corrected chi connectivity index (χ1v) is 11.7. The summed E-state index contributed by atoms with van der Waals surface area (Å²) in [5.41, 5.74) is 5.20. The van der Waals surface area contributed by atoms with E-state index in [1.165, 1.54) is 19.3 Å². The van der Waals surface area contributed by atoms with Gasteiger partial charge in [0, 0.05) is 24.4 Å². The van der Waals surface area contributed by atoms with E-state index < -0.39 is 0 Å². The third kappa shape index (κ3) is 8.29. The Bertz CT molecular complexity index is 905. The summed E-state index contributed by atoms with van der Waals surface area (Å²) >= 11 is 0.